The van der Waals surface area contributed by atoms with Crippen LogP contribution >= 0.6 is 24.8 Å². The van der Waals surface area contributed by atoms with E-state index in [1.807, 2.05) is 18.2 Å². The van der Waals surface area contributed by atoms with Crippen LogP contribution in [0.5, 0.6) is 0 Å². The number of hydrogen-bond acceptors (Lipinski definition) is 5. The average Bonchev–Trinajstić information content (AvgIpc) is 2.75. The number of nitrogens with one attached hydrogen (secondary N) is 3. The molecule has 0 spiro atoms. The van der Waals surface area contributed by atoms with Gasteiger partial charge in [-0.1, -0.05) is 24.3 Å². The number of piperazine rings is 1. The molecule has 1 aliphatic heterocycles. The van der Waals surface area contributed by atoms with Crippen molar-refractivity contribution in [1.29, 1.82) is 0 Å². The fourth-order valence-electron chi connectivity index (χ4n) is 3.19. The summed E-state index contributed by atoms with van der Waals surface area (Å²) in [6, 6.07) is 12.0. The number of amides is 2. The molecule has 1 aliphatic rings. The van der Waals surface area contributed by atoms with Crippen molar-refractivity contribution in [2.75, 3.05) is 39.3 Å². The third-order valence-electron chi connectivity index (χ3n) is 4.76. The summed E-state index contributed by atoms with van der Waals surface area (Å²) in [6.45, 7) is 5.29. The number of rotatable bonds is 8. The molecule has 1 unspecified atom stereocenters. The fourth-order valence-corrected chi connectivity index (χ4v) is 3.19. The second kappa shape index (κ2) is 13.9. The van der Waals surface area contributed by atoms with Crippen molar-refractivity contribution in [2.24, 2.45) is 0 Å². The Bertz CT molecular complexity index is 759. The first kappa shape index (κ1) is 25.8. The quantitative estimate of drug-likeness (QED) is 0.560. The van der Waals surface area contributed by atoms with Crippen molar-refractivity contribution in [3.63, 3.8) is 0 Å². The van der Waals surface area contributed by atoms with Crippen LogP contribution in [0.15, 0.2) is 54.9 Å². The number of carbonyl (C=O) groups excluding carboxylic acids is 2. The third-order valence-corrected chi connectivity index (χ3v) is 4.76. The van der Waals surface area contributed by atoms with Gasteiger partial charge >= 0.3 is 0 Å². The van der Waals surface area contributed by atoms with E-state index in [0.717, 1.165) is 38.3 Å². The van der Waals surface area contributed by atoms with E-state index in [1.54, 1.807) is 36.7 Å². The summed E-state index contributed by atoms with van der Waals surface area (Å²) < 4.78 is 0. The lowest BCUT2D eigenvalue weighted by Crippen LogP contribution is -2.50. The summed E-state index contributed by atoms with van der Waals surface area (Å²) in [4.78, 5) is 31.7. The molecule has 9 heteroatoms. The molecule has 3 N–H and O–H groups in total. The lowest BCUT2D eigenvalue weighted by Gasteiger charge is -2.27. The summed E-state index contributed by atoms with van der Waals surface area (Å²) in [5, 5.41) is 9.15. The number of carbonyl (C=O) groups is 2. The van der Waals surface area contributed by atoms with Crippen LogP contribution in [0.1, 0.15) is 15.9 Å². The molecule has 0 saturated carbocycles. The van der Waals surface area contributed by atoms with Gasteiger partial charge < -0.3 is 16.0 Å². The predicted octanol–water partition coefficient (Wildman–Crippen LogP) is 1.29. The van der Waals surface area contributed by atoms with E-state index in [-0.39, 0.29) is 36.6 Å². The molecule has 1 saturated heterocycles. The summed E-state index contributed by atoms with van der Waals surface area (Å²) >= 11 is 0. The summed E-state index contributed by atoms with van der Waals surface area (Å²) in [7, 11) is 0. The lowest BCUT2D eigenvalue weighted by molar-refractivity contribution is -0.123. The highest BCUT2D eigenvalue weighted by molar-refractivity contribution is 5.97. The van der Waals surface area contributed by atoms with Crippen LogP contribution in [0.2, 0.25) is 0 Å². The molecule has 2 aromatic rings. The van der Waals surface area contributed by atoms with Gasteiger partial charge in [0.15, 0.2) is 0 Å². The minimum Gasteiger partial charge on any atom is -0.353 e. The van der Waals surface area contributed by atoms with Gasteiger partial charge in [-0.3, -0.25) is 19.5 Å². The van der Waals surface area contributed by atoms with Gasteiger partial charge in [0.1, 0.15) is 6.04 Å². The maximum atomic E-state index is 12.8. The Morgan fingerprint density at radius 2 is 1.80 bits per heavy atom. The van der Waals surface area contributed by atoms with Crippen LogP contribution in [-0.4, -0.2) is 67.0 Å². The van der Waals surface area contributed by atoms with Gasteiger partial charge in [-0.2, -0.15) is 0 Å². The van der Waals surface area contributed by atoms with E-state index in [0.29, 0.717) is 18.5 Å². The van der Waals surface area contributed by atoms with Crippen molar-refractivity contribution in [3.8, 4) is 0 Å². The Morgan fingerprint density at radius 3 is 2.47 bits per heavy atom. The monoisotopic (exact) mass is 453 g/mol. The first-order chi connectivity index (χ1) is 13.7. The number of benzene rings is 1. The smallest absolute Gasteiger partial charge is 0.251 e. The van der Waals surface area contributed by atoms with Crippen molar-refractivity contribution in [1.82, 2.24) is 25.8 Å². The minimum absolute atomic E-state index is 0. The first-order valence-electron chi connectivity index (χ1n) is 9.68. The molecular formula is C21H29Cl2N5O2. The molecule has 3 rings (SSSR count). The summed E-state index contributed by atoms with van der Waals surface area (Å²) in [5.74, 6) is -0.435. The van der Waals surface area contributed by atoms with Crippen molar-refractivity contribution < 1.29 is 9.59 Å². The van der Waals surface area contributed by atoms with Gasteiger partial charge in [0.2, 0.25) is 5.91 Å². The third kappa shape index (κ3) is 8.28. The molecule has 0 bridgehead atoms. The van der Waals surface area contributed by atoms with E-state index in [9.17, 15) is 9.59 Å². The Balaban J connectivity index is 0.00000225. The van der Waals surface area contributed by atoms with Crippen LogP contribution < -0.4 is 16.0 Å². The molecule has 7 nitrogen and oxygen atoms in total. The van der Waals surface area contributed by atoms with Gasteiger partial charge in [-0.25, -0.2) is 0 Å². The van der Waals surface area contributed by atoms with Crippen molar-refractivity contribution >= 4 is 36.6 Å². The van der Waals surface area contributed by atoms with Crippen LogP contribution in [0.4, 0.5) is 0 Å². The highest BCUT2D eigenvalue weighted by atomic mass is 35.5. The second-order valence-electron chi connectivity index (χ2n) is 6.84. The van der Waals surface area contributed by atoms with Crippen molar-refractivity contribution in [3.05, 3.63) is 66.0 Å². The normalized spacial score (nSPS) is 14.5. The molecule has 0 radical (unpaired) electrons. The highest BCUT2D eigenvalue weighted by Gasteiger charge is 2.22. The molecular weight excluding hydrogens is 425 g/mol. The maximum absolute atomic E-state index is 12.8. The Labute approximate surface area is 189 Å². The highest BCUT2D eigenvalue weighted by Crippen LogP contribution is 2.05. The Kier molecular flexibility index (Phi) is 12.0. The fraction of sp³-hybridized carbons (Fsp3) is 0.381. The minimum atomic E-state index is -0.653. The molecule has 164 valence electrons. The lowest BCUT2D eigenvalue weighted by atomic mass is 10.1. The number of halogens is 2. The number of hydrogen-bond donors (Lipinski definition) is 3. The van der Waals surface area contributed by atoms with Crippen LogP contribution in [-0.2, 0) is 11.2 Å². The molecule has 1 atom stereocenters. The van der Waals surface area contributed by atoms with Crippen molar-refractivity contribution in [2.45, 2.75) is 12.5 Å². The standard InChI is InChI=1S/C21H27N5O2.2ClH/c27-20(18-6-2-1-3-7-18)25-19(15-17-5-4-8-23-16-17)21(28)24-11-14-26-12-9-22-10-13-26;;/h1-8,16,19,22H,9-15H2,(H,24,28)(H,25,27);2*1H. The number of pyridine rings is 1. The zero-order valence-corrected chi connectivity index (χ0v) is 18.4. The zero-order chi connectivity index (χ0) is 19.6. The van der Waals surface area contributed by atoms with Crippen LogP contribution in [0.3, 0.4) is 0 Å². The summed E-state index contributed by atoms with van der Waals surface area (Å²) in [6.07, 6.45) is 3.80. The van der Waals surface area contributed by atoms with E-state index in [2.05, 4.69) is 25.8 Å². The number of nitrogens with zero attached hydrogens (tertiary/aromatic N) is 2. The topological polar surface area (TPSA) is 86.4 Å². The van der Waals surface area contributed by atoms with Gasteiger partial charge in [0.05, 0.1) is 0 Å². The first-order valence-corrected chi connectivity index (χ1v) is 9.68. The van der Waals surface area contributed by atoms with Gasteiger partial charge in [-0.15, -0.1) is 24.8 Å². The SMILES string of the molecule is Cl.Cl.O=C(NC(Cc1cccnc1)C(=O)NCCN1CCNCC1)c1ccccc1. The summed E-state index contributed by atoms with van der Waals surface area (Å²) in [5.41, 5.74) is 1.44. The predicted molar refractivity (Wildman–Crippen MR) is 122 cm³/mol. The van der Waals surface area contributed by atoms with Gasteiger partial charge in [0.25, 0.3) is 5.91 Å². The van der Waals surface area contributed by atoms with Gasteiger partial charge in [-0.05, 0) is 23.8 Å². The molecule has 1 aromatic heterocycles. The molecule has 30 heavy (non-hydrogen) atoms. The van der Waals surface area contributed by atoms with E-state index >= 15 is 0 Å². The maximum Gasteiger partial charge on any atom is 0.251 e. The largest absolute Gasteiger partial charge is 0.353 e. The van der Waals surface area contributed by atoms with E-state index in [1.165, 1.54) is 0 Å². The molecule has 1 aromatic carbocycles. The molecule has 1 fully saturated rings. The van der Waals surface area contributed by atoms with Crippen LogP contribution in [0.25, 0.3) is 0 Å². The average molecular weight is 454 g/mol. The number of aromatic nitrogens is 1. The second-order valence-corrected chi connectivity index (χ2v) is 6.84. The Morgan fingerprint density at radius 1 is 1.07 bits per heavy atom. The molecule has 0 aliphatic carbocycles. The zero-order valence-electron chi connectivity index (χ0n) is 16.8. The van der Waals surface area contributed by atoms with Gasteiger partial charge in [0, 0.05) is 63.6 Å². The molecule has 2 heterocycles. The molecule has 2 amide bonds. The van der Waals surface area contributed by atoms with E-state index < -0.39 is 6.04 Å². The Hall–Kier alpha value is -2.19. The van der Waals surface area contributed by atoms with Crippen LogP contribution in [0, 0.1) is 0 Å². The van der Waals surface area contributed by atoms with E-state index in [4.69, 9.17) is 0 Å².